The number of carbonyl (C=O) groups excluding carboxylic acids is 1. The van der Waals surface area contributed by atoms with Crippen molar-refractivity contribution in [1.82, 2.24) is 9.88 Å². The van der Waals surface area contributed by atoms with Crippen molar-refractivity contribution in [2.24, 2.45) is 21.7 Å². The summed E-state index contributed by atoms with van der Waals surface area (Å²) in [5.41, 5.74) is 4.04. The van der Waals surface area contributed by atoms with Gasteiger partial charge in [0.05, 0.1) is 17.3 Å². The highest BCUT2D eigenvalue weighted by Crippen LogP contribution is 2.38. The van der Waals surface area contributed by atoms with E-state index in [4.69, 9.17) is 10.8 Å². The molecule has 1 amide bonds. The number of aromatic amines is 1. The number of allylic oxidation sites excluding steroid dienone is 2. The van der Waals surface area contributed by atoms with Crippen molar-refractivity contribution >= 4 is 34.5 Å². The van der Waals surface area contributed by atoms with Gasteiger partial charge < -0.3 is 9.88 Å². The van der Waals surface area contributed by atoms with Crippen molar-refractivity contribution in [2.45, 2.75) is 12.8 Å². The molecule has 1 atom stereocenters. The Morgan fingerprint density at radius 2 is 1.89 bits per heavy atom. The van der Waals surface area contributed by atoms with Crippen LogP contribution in [0.1, 0.15) is 28.9 Å². The second-order valence-electron chi connectivity index (χ2n) is 9.20. The summed E-state index contributed by atoms with van der Waals surface area (Å²) in [7, 11) is 0. The Kier molecular flexibility index (Phi) is 5.13. The van der Waals surface area contributed by atoms with Crippen LogP contribution in [-0.2, 0) is 0 Å². The fourth-order valence-electron chi connectivity index (χ4n) is 5.15. The molecule has 1 saturated heterocycles. The van der Waals surface area contributed by atoms with Gasteiger partial charge in [-0.25, -0.2) is 0 Å². The van der Waals surface area contributed by atoms with Crippen LogP contribution in [0.3, 0.4) is 0 Å². The summed E-state index contributed by atoms with van der Waals surface area (Å²) >= 11 is 0. The third-order valence-corrected chi connectivity index (χ3v) is 7.09. The number of para-hydroxylation sites is 1. The van der Waals surface area contributed by atoms with Crippen molar-refractivity contribution < 1.29 is 14.3 Å². The first-order chi connectivity index (χ1) is 17.4. The average Bonchev–Trinajstić information content (AvgIpc) is 3.46. The van der Waals surface area contributed by atoms with Gasteiger partial charge in [-0.1, -0.05) is 18.2 Å². The van der Waals surface area contributed by atoms with E-state index in [0.717, 1.165) is 40.8 Å². The molecule has 3 aliphatic heterocycles. The molecular weight excluding hydrogens is 458 g/mol. The second-order valence-corrected chi connectivity index (χ2v) is 9.20. The largest absolute Gasteiger partial charge is 0.349 e. The lowest BCUT2D eigenvalue weighted by Crippen LogP contribution is -2.53. The number of nitrogens with two attached hydrogens (primary N) is 1. The predicted octanol–water partition coefficient (Wildman–Crippen LogP) is 3.85. The highest BCUT2D eigenvalue weighted by molar-refractivity contribution is 6.02. The number of benzene rings is 2. The highest BCUT2D eigenvalue weighted by Gasteiger charge is 2.46. The van der Waals surface area contributed by atoms with Gasteiger partial charge in [0.25, 0.3) is 17.4 Å². The van der Waals surface area contributed by atoms with Crippen molar-refractivity contribution in [3.8, 4) is 0 Å². The van der Waals surface area contributed by atoms with Crippen LogP contribution in [0.5, 0.6) is 0 Å². The number of likely N-dealkylation sites (tertiary alicyclic amines) is 1. The number of rotatable bonds is 4. The maximum Gasteiger partial charge on any atom is 0.281 e. The van der Waals surface area contributed by atoms with E-state index in [0.29, 0.717) is 24.5 Å². The SMILES string of the molecule is N[N+]12C=CN=CC1=C(C1CCN(C(=O)c3ccc([N+](=O)[O-])cc3)CC1)N=C2c1cc2ccccc2[nH]1. The van der Waals surface area contributed by atoms with Crippen LogP contribution >= 0.6 is 0 Å². The molecule has 4 heterocycles. The number of nitrogens with zero attached hydrogens (tertiary/aromatic N) is 5. The Morgan fingerprint density at radius 3 is 2.61 bits per heavy atom. The topological polar surface area (TPSA) is 130 Å². The summed E-state index contributed by atoms with van der Waals surface area (Å²) in [6.07, 6.45) is 6.77. The molecule has 10 heteroatoms. The van der Waals surface area contributed by atoms with Crippen LogP contribution in [0, 0.1) is 16.0 Å². The number of nitrogens with one attached hydrogen (secondary N) is 1. The van der Waals surface area contributed by atoms with Gasteiger partial charge in [0.2, 0.25) is 5.70 Å². The quantitative estimate of drug-likeness (QED) is 0.253. The number of amidine groups is 1. The van der Waals surface area contributed by atoms with Gasteiger partial charge in [0.15, 0.2) is 0 Å². The highest BCUT2D eigenvalue weighted by atomic mass is 16.6. The zero-order chi connectivity index (χ0) is 24.9. The number of aromatic nitrogens is 1. The third kappa shape index (κ3) is 3.55. The first-order valence-electron chi connectivity index (χ1n) is 11.8. The summed E-state index contributed by atoms with van der Waals surface area (Å²) in [4.78, 5) is 38.0. The molecule has 10 nitrogen and oxygen atoms in total. The van der Waals surface area contributed by atoms with Gasteiger partial charge in [-0.3, -0.25) is 19.9 Å². The van der Waals surface area contributed by atoms with Gasteiger partial charge in [-0.2, -0.15) is 10.8 Å². The Hall–Kier alpha value is -4.41. The van der Waals surface area contributed by atoms with E-state index in [-0.39, 0.29) is 22.1 Å². The van der Waals surface area contributed by atoms with Crippen LogP contribution < -0.4 is 5.84 Å². The van der Waals surface area contributed by atoms with Crippen LogP contribution in [0.4, 0.5) is 5.69 Å². The molecule has 0 bridgehead atoms. The monoisotopic (exact) mass is 482 g/mol. The molecule has 3 aliphatic rings. The number of piperidine rings is 1. The average molecular weight is 483 g/mol. The van der Waals surface area contributed by atoms with Gasteiger partial charge >= 0.3 is 0 Å². The summed E-state index contributed by atoms with van der Waals surface area (Å²) in [6, 6.07) is 15.9. The second kappa shape index (κ2) is 8.36. The maximum atomic E-state index is 13.0. The van der Waals surface area contributed by atoms with E-state index in [9.17, 15) is 14.9 Å². The van der Waals surface area contributed by atoms with Gasteiger partial charge in [-0.15, -0.1) is 4.59 Å². The Bertz CT molecular complexity index is 1470. The normalized spacial score (nSPS) is 21.7. The molecular formula is C26H24N7O3+. The number of nitro groups is 1. The molecule has 1 fully saturated rings. The molecule has 36 heavy (non-hydrogen) atoms. The molecule has 0 saturated carbocycles. The molecule has 3 aromatic rings. The first-order valence-corrected chi connectivity index (χ1v) is 11.8. The number of hydrogen-bond donors (Lipinski definition) is 2. The smallest absolute Gasteiger partial charge is 0.281 e. The molecule has 0 aliphatic carbocycles. The van der Waals surface area contributed by atoms with Crippen LogP contribution in [0.15, 0.2) is 88.4 Å². The predicted molar refractivity (Wildman–Crippen MR) is 136 cm³/mol. The van der Waals surface area contributed by atoms with Gasteiger partial charge in [0, 0.05) is 47.6 Å². The number of non-ortho nitro benzene ring substituents is 1. The zero-order valence-corrected chi connectivity index (χ0v) is 19.4. The molecule has 3 N–H and O–H groups in total. The number of quaternary nitrogens is 1. The fourth-order valence-corrected chi connectivity index (χ4v) is 5.15. The van der Waals surface area contributed by atoms with E-state index >= 15 is 0 Å². The van der Waals surface area contributed by atoms with Crippen LogP contribution in [0.2, 0.25) is 0 Å². The minimum absolute atomic E-state index is 0.0323. The van der Waals surface area contributed by atoms with Crippen LogP contribution in [0.25, 0.3) is 10.9 Å². The minimum atomic E-state index is -0.472. The molecule has 1 aromatic heterocycles. The molecule has 0 radical (unpaired) electrons. The lowest BCUT2D eigenvalue weighted by molar-refractivity contribution is -0.750. The van der Waals surface area contributed by atoms with E-state index in [1.807, 2.05) is 30.5 Å². The van der Waals surface area contributed by atoms with E-state index in [1.54, 1.807) is 17.3 Å². The third-order valence-electron chi connectivity index (χ3n) is 7.09. The Balaban J connectivity index is 1.24. The maximum absolute atomic E-state index is 13.0. The summed E-state index contributed by atoms with van der Waals surface area (Å²) in [5.74, 6) is 7.60. The first kappa shape index (κ1) is 22.1. The zero-order valence-electron chi connectivity index (χ0n) is 19.4. The fraction of sp³-hybridized carbons (Fsp3) is 0.192. The number of H-pyrrole nitrogens is 1. The van der Waals surface area contributed by atoms with E-state index in [1.165, 1.54) is 24.3 Å². The van der Waals surface area contributed by atoms with E-state index in [2.05, 4.69) is 16.0 Å². The summed E-state index contributed by atoms with van der Waals surface area (Å²) < 4.78 is -0.0480. The number of carbonyl (C=O) groups is 1. The van der Waals surface area contributed by atoms with Crippen molar-refractivity contribution in [2.75, 3.05) is 13.1 Å². The van der Waals surface area contributed by atoms with Gasteiger partial charge in [0.1, 0.15) is 17.6 Å². The summed E-state index contributed by atoms with van der Waals surface area (Å²) in [5, 5.41) is 12.0. The van der Waals surface area contributed by atoms with Crippen molar-refractivity contribution in [3.05, 3.63) is 99.8 Å². The molecule has 6 rings (SSSR count). The number of amides is 1. The standard InChI is InChI=1S/C26H24N7O3/c27-33-14-11-28-16-23(33)24(30-25(33)22-15-19-3-1-2-4-21(19)29-22)17-9-12-31(13-10-17)26(34)18-5-7-20(8-6-18)32(35)36/h1-8,11,14-17,29H,9-10,12-13,27H2/q+1. The minimum Gasteiger partial charge on any atom is -0.349 e. The van der Waals surface area contributed by atoms with Gasteiger partial charge in [-0.05, 0) is 37.1 Å². The van der Waals surface area contributed by atoms with Crippen molar-refractivity contribution in [3.63, 3.8) is 0 Å². The molecule has 2 aromatic carbocycles. The number of nitro benzene ring substituents is 1. The summed E-state index contributed by atoms with van der Waals surface area (Å²) in [6.45, 7) is 1.12. The van der Waals surface area contributed by atoms with E-state index < -0.39 is 4.92 Å². The lowest BCUT2D eigenvalue weighted by Gasteiger charge is -2.32. The van der Waals surface area contributed by atoms with Crippen LogP contribution in [-0.4, -0.2) is 50.4 Å². The Labute approximate surface area is 206 Å². The lowest BCUT2D eigenvalue weighted by atomic mass is 9.92. The number of aliphatic imine (C=N–C) groups is 2. The molecule has 180 valence electrons. The molecule has 1 unspecified atom stereocenters. The number of fused-ring (bicyclic) bond motifs is 2. The molecule has 0 spiro atoms. The number of hydrogen-bond acceptors (Lipinski definition) is 6. The van der Waals surface area contributed by atoms with Crippen molar-refractivity contribution in [1.29, 1.82) is 0 Å². The Morgan fingerprint density at radius 1 is 1.14 bits per heavy atom.